The molecule has 1 aliphatic rings. The number of rotatable bonds is 8. The number of benzene rings is 3. The zero-order valence-electron chi connectivity index (χ0n) is 23.4. The van der Waals surface area contributed by atoms with E-state index < -0.39 is 13.2 Å². The van der Waals surface area contributed by atoms with Gasteiger partial charge in [-0.1, -0.05) is 30.3 Å². The standard InChI is InChI=1S/C29H32N4O4/c1-18-12-21(28-31-23-14-22(35-3)15-25(36-4)26(23)29(34)32-28)13-19(2)27(18)37-11-10-33-16-24(30-17-33)20-8-6-5-7-9-20/h5-9,12-15,24,30H,10-11,16-17H2,1-4H3,(H,31,32,34)/i16D,17D. The average molecular weight is 503 g/mol. The fraction of sp³-hybridized carbons (Fsp3) is 0.310. The molecule has 1 aromatic heterocycles. The molecule has 3 atom stereocenters. The van der Waals surface area contributed by atoms with Crippen LogP contribution in [0.15, 0.2) is 59.4 Å². The minimum absolute atomic E-state index is 0.229. The first-order valence-electron chi connectivity index (χ1n) is 13.3. The smallest absolute Gasteiger partial charge is 0.262 e. The second-order valence-electron chi connectivity index (χ2n) is 9.00. The van der Waals surface area contributed by atoms with Gasteiger partial charge in [-0.2, -0.15) is 0 Å². The molecule has 192 valence electrons. The van der Waals surface area contributed by atoms with Gasteiger partial charge in [-0.15, -0.1) is 0 Å². The van der Waals surface area contributed by atoms with Crippen molar-refractivity contribution in [1.29, 1.82) is 0 Å². The van der Waals surface area contributed by atoms with Gasteiger partial charge >= 0.3 is 0 Å². The van der Waals surface area contributed by atoms with Gasteiger partial charge < -0.3 is 19.2 Å². The number of aromatic amines is 1. The predicted octanol–water partition coefficient (Wildman–Crippen LogP) is 4.21. The van der Waals surface area contributed by atoms with E-state index in [0.717, 1.165) is 28.0 Å². The maximum absolute atomic E-state index is 12.9. The normalized spacial score (nSPS) is 20.5. The first-order chi connectivity index (χ1) is 18.8. The summed E-state index contributed by atoms with van der Waals surface area (Å²) in [5.74, 6) is 2.12. The number of hydrogen-bond acceptors (Lipinski definition) is 7. The number of methoxy groups -OCH3 is 2. The van der Waals surface area contributed by atoms with E-state index in [1.807, 2.05) is 56.3 Å². The van der Waals surface area contributed by atoms with Crippen LogP contribution in [0.2, 0.25) is 0 Å². The lowest BCUT2D eigenvalue weighted by Crippen LogP contribution is -2.27. The fourth-order valence-electron chi connectivity index (χ4n) is 4.63. The molecule has 0 aliphatic carbocycles. The van der Waals surface area contributed by atoms with Crippen molar-refractivity contribution in [3.8, 4) is 28.6 Å². The number of fused-ring (bicyclic) bond motifs is 1. The van der Waals surface area contributed by atoms with Gasteiger partial charge in [0.1, 0.15) is 35.1 Å². The monoisotopic (exact) mass is 502 g/mol. The highest BCUT2D eigenvalue weighted by molar-refractivity contribution is 5.87. The summed E-state index contributed by atoms with van der Waals surface area (Å²) in [6.45, 7) is 3.39. The van der Waals surface area contributed by atoms with Crippen molar-refractivity contribution >= 4 is 10.9 Å². The molecule has 3 unspecified atom stereocenters. The second kappa shape index (κ2) is 10.6. The van der Waals surface area contributed by atoms with Crippen molar-refractivity contribution in [3.05, 3.63) is 81.6 Å². The Bertz CT molecular complexity index is 1520. The Labute approximate surface area is 219 Å². The molecule has 0 radical (unpaired) electrons. The van der Waals surface area contributed by atoms with Gasteiger partial charge in [-0.05, 0) is 42.7 Å². The lowest BCUT2D eigenvalue weighted by Gasteiger charge is -2.18. The highest BCUT2D eigenvalue weighted by Gasteiger charge is 2.23. The maximum atomic E-state index is 12.9. The molecule has 2 N–H and O–H groups in total. The Kier molecular flexibility index (Phi) is 6.41. The molecule has 0 saturated carbocycles. The topological polar surface area (TPSA) is 88.7 Å². The molecule has 8 heteroatoms. The van der Waals surface area contributed by atoms with E-state index in [1.165, 1.54) is 7.11 Å². The van der Waals surface area contributed by atoms with Crippen molar-refractivity contribution in [1.82, 2.24) is 20.2 Å². The van der Waals surface area contributed by atoms with E-state index in [1.54, 1.807) is 24.1 Å². The largest absolute Gasteiger partial charge is 0.497 e. The van der Waals surface area contributed by atoms with E-state index >= 15 is 0 Å². The van der Waals surface area contributed by atoms with E-state index in [0.29, 0.717) is 41.4 Å². The number of nitrogens with one attached hydrogen (secondary N) is 2. The van der Waals surface area contributed by atoms with Crippen LogP contribution in [0, 0.1) is 13.8 Å². The Morgan fingerprint density at radius 3 is 2.54 bits per heavy atom. The number of ether oxygens (including phenoxy) is 3. The quantitative estimate of drug-likeness (QED) is 0.373. The summed E-state index contributed by atoms with van der Waals surface area (Å²) < 4.78 is 33.9. The molecule has 0 bridgehead atoms. The van der Waals surface area contributed by atoms with Crippen LogP contribution < -0.4 is 25.1 Å². The molecule has 8 nitrogen and oxygen atoms in total. The van der Waals surface area contributed by atoms with Crippen LogP contribution in [0.4, 0.5) is 0 Å². The summed E-state index contributed by atoms with van der Waals surface area (Å²) in [7, 11) is 3.06. The van der Waals surface area contributed by atoms with Crippen molar-refractivity contribution in [3.63, 3.8) is 0 Å². The molecule has 5 rings (SSSR count). The predicted molar refractivity (Wildman–Crippen MR) is 145 cm³/mol. The number of H-pyrrole nitrogens is 1. The van der Waals surface area contributed by atoms with Crippen LogP contribution in [0.1, 0.15) is 25.5 Å². The van der Waals surface area contributed by atoms with Crippen LogP contribution in [-0.2, 0) is 0 Å². The fourth-order valence-corrected chi connectivity index (χ4v) is 4.63. The molecule has 4 aromatic rings. The molecule has 1 saturated heterocycles. The molecule has 0 amide bonds. The number of aryl methyl sites for hydroxylation is 2. The lowest BCUT2D eigenvalue weighted by molar-refractivity contribution is 0.233. The highest BCUT2D eigenvalue weighted by Crippen LogP contribution is 2.31. The van der Waals surface area contributed by atoms with Gasteiger partial charge in [-0.25, -0.2) is 4.98 Å². The molecule has 1 aliphatic heterocycles. The molecule has 2 heterocycles. The second-order valence-corrected chi connectivity index (χ2v) is 9.00. The van der Waals surface area contributed by atoms with Crippen LogP contribution in [0.25, 0.3) is 22.3 Å². The summed E-state index contributed by atoms with van der Waals surface area (Å²) in [6, 6.07) is 16.8. The van der Waals surface area contributed by atoms with E-state index in [-0.39, 0.29) is 11.6 Å². The third-order valence-electron chi connectivity index (χ3n) is 6.45. The highest BCUT2D eigenvalue weighted by atomic mass is 16.5. The van der Waals surface area contributed by atoms with Crippen molar-refractivity contribution < 1.29 is 17.0 Å². The summed E-state index contributed by atoms with van der Waals surface area (Å²) in [4.78, 5) is 22.3. The number of nitrogens with zero attached hydrogens (tertiary/aromatic N) is 2. The van der Waals surface area contributed by atoms with E-state index in [9.17, 15) is 4.79 Å². The minimum Gasteiger partial charge on any atom is -0.497 e. The molecular weight excluding hydrogens is 468 g/mol. The first-order valence-corrected chi connectivity index (χ1v) is 12.1. The van der Waals surface area contributed by atoms with Gasteiger partial charge in [-0.3, -0.25) is 15.0 Å². The van der Waals surface area contributed by atoms with E-state index in [2.05, 4.69) is 15.3 Å². The summed E-state index contributed by atoms with van der Waals surface area (Å²) in [5, 5.41) is 3.56. The summed E-state index contributed by atoms with van der Waals surface area (Å²) in [6.07, 6.45) is 0. The maximum Gasteiger partial charge on any atom is 0.262 e. The van der Waals surface area contributed by atoms with Crippen LogP contribution in [-0.4, -0.2) is 55.4 Å². The van der Waals surface area contributed by atoms with Crippen LogP contribution in [0.3, 0.4) is 0 Å². The summed E-state index contributed by atoms with van der Waals surface area (Å²) >= 11 is 0. The van der Waals surface area contributed by atoms with Gasteiger partial charge in [0.05, 0.1) is 21.1 Å². The van der Waals surface area contributed by atoms with Crippen LogP contribution in [0.5, 0.6) is 17.2 Å². The third kappa shape index (κ3) is 5.16. The summed E-state index contributed by atoms with van der Waals surface area (Å²) in [5.41, 5.74) is 3.71. The zero-order chi connectivity index (χ0) is 27.7. The first kappa shape index (κ1) is 22.3. The number of hydrogen-bond donors (Lipinski definition) is 2. The Morgan fingerprint density at radius 1 is 1.08 bits per heavy atom. The minimum atomic E-state index is -0.682. The Hall–Kier alpha value is -3.88. The third-order valence-corrected chi connectivity index (χ3v) is 6.45. The lowest BCUT2D eigenvalue weighted by atomic mass is 10.0. The molecule has 3 aromatic carbocycles. The van der Waals surface area contributed by atoms with Gasteiger partial charge in [0.15, 0.2) is 0 Å². The molecule has 0 spiro atoms. The van der Waals surface area contributed by atoms with E-state index in [4.69, 9.17) is 17.0 Å². The Balaban J connectivity index is 1.33. The zero-order valence-corrected chi connectivity index (χ0v) is 21.4. The van der Waals surface area contributed by atoms with Crippen molar-refractivity contribution in [2.75, 3.05) is 40.5 Å². The van der Waals surface area contributed by atoms with Crippen LogP contribution >= 0.6 is 0 Å². The van der Waals surface area contributed by atoms with Gasteiger partial charge in [0, 0.05) is 44.8 Å². The van der Waals surface area contributed by atoms with Gasteiger partial charge in [0.2, 0.25) is 0 Å². The Morgan fingerprint density at radius 2 is 1.84 bits per heavy atom. The van der Waals surface area contributed by atoms with Gasteiger partial charge in [0.25, 0.3) is 5.56 Å². The SMILES string of the molecule is [2H]C1NC(c2ccccc2)C([2H])N1CCOc1c(C)cc(-c2nc3cc(OC)cc(OC)c3c(=O)[nH]2)cc1C. The van der Waals surface area contributed by atoms with Crippen molar-refractivity contribution in [2.24, 2.45) is 0 Å². The molecule has 1 fully saturated rings. The average Bonchev–Trinajstić information content (AvgIpc) is 3.22. The molecule has 37 heavy (non-hydrogen) atoms. The number of aromatic nitrogens is 2. The molecular formula is C29H32N4O4. The van der Waals surface area contributed by atoms with Crippen molar-refractivity contribution in [2.45, 2.75) is 19.9 Å².